The molecule has 0 heterocycles. The average molecular weight is 259 g/mol. The highest BCUT2D eigenvalue weighted by Gasteiger charge is 2.05. The molecule has 100 valence electrons. The Hall–Kier alpha value is -2.56. The molecule has 0 unspecified atom stereocenters. The van der Waals surface area contributed by atoms with E-state index in [0.717, 1.165) is 11.4 Å². The fourth-order valence-electron chi connectivity index (χ4n) is 1.73. The van der Waals surface area contributed by atoms with Crippen molar-refractivity contribution in [3.63, 3.8) is 0 Å². The molecule has 5 heteroatoms. The van der Waals surface area contributed by atoms with Crippen molar-refractivity contribution in [2.45, 2.75) is 0 Å². The summed E-state index contributed by atoms with van der Waals surface area (Å²) in [5.41, 5.74) is 14.3. The lowest BCUT2D eigenvalue weighted by atomic mass is 10.2. The van der Waals surface area contributed by atoms with Gasteiger partial charge in [0.05, 0.1) is 25.6 Å². The van der Waals surface area contributed by atoms with Crippen LogP contribution in [0, 0.1) is 0 Å². The van der Waals surface area contributed by atoms with Gasteiger partial charge in [-0.1, -0.05) is 0 Å². The molecule has 0 aliphatic rings. The Kier molecular flexibility index (Phi) is 3.66. The summed E-state index contributed by atoms with van der Waals surface area (Å²) in [6.07, 6.45) is 0. The van der Waals surface area contributed by atoms with Gasteiger partial charge in [0.25, 0.3) is 0 Å². The van der Waals surface area contributed by atoms with Crippen LogP contribution in [0.3, 0.4) is 0 Å². The first kappa shape index (κ1) is 12.9. The maximum absolute atomic E-state index is 5.77. The van der Waals surface area contributed by atoms with Crippen LogP contribution in [0.15, 0.2) is 36.4 Å². The lowest BCUT2D eigenvalue weighted by molar-refractivity contribution is 0.355. The number of nitrogen functional groups attached to an aromatic ring is 2. The standard InChI is InChI=1S/C14H17N3O2/c1-18-13-6-4-10(8-14(13)19-2)17-9-3-5-11(15)12(16)7-9/h3-8,17H,15-16H2,1-2H3. The van der Waals surface area contributed by atoms with Crippen LogP contribution in [0.5, 0.6) is 11.5 Å². The van der Waals surface area contributed by atoms with E-state index < -0.39 is 0 Å². The number of benzene rings is 2. The Balaban J connectivity index is 2.25. The second-order valence-corrected chi connectivity index (χ2v) is 4.04. The van der Waals surface area contributed by atoms with E-state index in [1.807, 2.05) is 24.3 Å². The van der Waals surface area contributed by atoms with Crippen LogP contribution < -0.4 is 26.3 Å². The van der Waals surface area contributed by atoms with Crippen LogP contribution in [0.25, 0.3) is 0 Å². The Labute approximate surface area is 112 Å². The van der Waals surface area contributed by atoms with Crippen LogP contribution in [-0.2, 0) is 0 Å². The van der Waals surface area contributed by atoms with Crippen LogP contribution in [-0.4, -0.2) is 14.2 Å². The van der Waals surface area contributed by atoms with Gasteiger partial charge in [0.2, 0.25) is 0 Å². The van der Waals surface area contributed by atoms with Gasteiger partial charge < -0.3 is 26.3 Å². The quantitative estimate of drug-likeness (QED) is 0.735. The van der Waals surface area contributed by atoms with Gasteiger partial charge in [0.15, 0.2) is 11.5 Å². The first-order valence-corrected chi connectivity index (χ1v) is 5.78. The molecule has 0 saturated heterocycles. The van der Waals surface area contributed by atoms with Crippen molar-refractivity contribution in [2.75, 3.05) is 31.0 Å². The molecule has 0 aromatic heterocycles. The normalized spacial score (nSPS) is 10.0. The summed E-state index contributed by atoms with van der Waals surface area (Å²) in [4.78, 5) is 0. The van der Waals surface area contributed by atoms with Crippen molar-refractivity contribution >= 4 is 22.7 Å². The molecule has 0 saturated carbocycles. The van der Waals surface area contributed by atoms with Crippen molar-refractivity contribution in [2.24, 2.45) is 0 Å². The highest BCUT2D eigenvalue weighted by molar-refractivity contribution is 5.73. The molecule has 0 bridgehead atoms. The number of hydrogen-bond acceptors (Lipinski definition) is 5. The molecule has 5 nitrogen and oxygen atoms in total. The Morgan fingerprint density at radius 1 is 0.789 bits per heavy atom. The fraction of sp³-hybridized carbons (Fsp3) is 0.143. The van der Waals surface area contributed by atoms with Crippen LogP contribution in [0.1, 0.15) is 0 Å². The Morgan fingerprint density at radius 2 is 1.42 bits per heavy atom. The average Bonchev–Trinajstić information content (AvgIpc) is 2.43. The molecule has 0 radical (unpaired) electrons. The second kappa shape index (κ2) is 5.39. The number of nitrogens with two attached hydrogens (primary N) is 2. The van der Waals surface area contributed by atoms with E-state index in [-0.39, 0.29) is 0 Å². The third kappa shape index (κ3) is 2.82. The van der Waals surface area contributed by atoms with Crippen molar-refractivity contribution in [3.05, 3.63) is 36.4 Å². The molecule has 2 aromatic carbocycles. The lowest BCUT2D eigenvalue weighted by Gasteiger charge is -2.12. The zero-order valence-electron chi connectivity index (χ0n) is 10.9. The molecular weight excluding hydrogens is 242 g/mol. The summed E-state index contributed by atoms with van der Waals surface area (Å²) >= 11 is 0. The summed E-state index contributed by atoms with van der Waals surface area (Å²) in [5.74, 6) is 1.35. The Morgan fingerprint density at radius 3 is 2.05 bits per heavy atom. The van der Waals surface area contributed by atoms with E-state index in [0.29, 0.717) is 22.9 Å². The maximum atomic E-state index is 5.77. The third-order valence-corrected chi connectivity index (χ3v) is 2.76. The summed E-state index contributed by atoms with van der Waals surface area (Å²) in [6, 6.07) is 11.0. The van der Waals surface area contributed by atoms with Crippen molar-refractivity contribution in [1.82, 2.24) is 0 Å². The molecule has 5 N–H and O–H groups in total. The molecule has 0 atom stereocenters. The smallest absolute Gasteiger partial charge is 0.162 e. The highest BCUT2D eigenvalue weighted by atomic mass is 16.5. The largest absolute Gasteiger partial charge is 0.493 e. The molecule has 0 spiro atoms. The van der Waals surface area contributed by atoms with E-state index in [2.05, 4.69) is 5.32 Å². The summed E-state index contributed by atoms with van der Waals surface area (Å²) in [6.45, 7) is 0. The van der Waals surface area contributed by atoms with E-state index >= 15 is 0 Å². The third-order valence-electron chi connectivity index (χ3n) is 2.76. The molecule has 2 rings (SSSR count). The maximum Gasteiger partial charge on any atom is 0.162 e. The minimum Gasteiger partial charge on any atom is -0.493 e. The highest BCUT2D eigenvalue weighted by Crippen LogP contribution is 2.31. The number of ether oxygens (including phenoxy) is 2. The van der Waals surface area contributed by atoms with Gasteiger partial charge in [-0.2, -0.15) is 0 Å². The number of nitrogens with one attached hydrogen (secondary N) is 1. The molecule has 0 amide bonds. The molecule has 0 fully saturated rings. The first-order valence-electron chi connectivity index (χ1n) is 5.78. The van der Waals surface area contributed by atoms with E-state index in [1.165, 1.54) is 0 Å². The molecule has 19 heavy (non-hydrogen) atoms. The minimum absolute atomic E-state index is 0.547. The topological polar surface area (TPSA) is 82.5 Å². The van der Waals surface area contributed by atoms with Crippen molar-refractivity contribution in [3.8, 4) is 11.5 Å². The van der Waals surface area contributed by atoms with E-state index in [4.69, 9.17) is 20.9 Å². The van der Waals surface area contributed by atoms with Crippen LogP contribution >= 0.6 is 0 Å². The first-order chi connectivity index (χ1) is 9.13. The van der Waals surface area contributed by atoms with Gasteiger partial charge in [0.1, 0.15) is 0 Å². The monoisotopic (exact) mass is 259 g/mol. The summed E-state index contributed by atoms with van der Waals surface area (Å²) in [5, 5.41) is 3.23. The van der Waals surface area contributed by atoms with Crippen LogP contribution in [0.2, 0.25) is 0 Å². The van der Waals surface area contributed by atoms with Crippen LogP contribution in [0.4, 0.5) is 22.7 Å². The lowest BCUT2D eigenvalue weighted by Crippen LogP contribution is -1.97. The van der Waals surface area contributed by atoms with Gasteiger partial charge in [-0.25, -0.2) is 0 Å². The molecule has 0 aliphatic carbocycles. The number of hydrogen-bond donors (Lipinski definition) is 3. The van der Waals surface area contributed by atoms with Gasteiger partial charge in [-0.15, -0.1) is 0 Å². The zero-order chi connectivity index (χ0) is 13.8. The van der Waals surface area contributed by atoms with Gasteiger partial charge in [-0.3, -0.25) is 0 Å². The Bertz CT molecular complexity index is 585. The van der Waals surface area contributed by atoms with E-state index in [1.54, 1.807) is 26.4 Å². The van der Waals surface area contributed by atoms with Crippen molar-refractivity contribution in [1.29, 1.82) is 0 Å². The predicted molar refractivity (Wildman–Crippen MR) is 78.1 cm³/mol. The second-order valence-electron chi connectivity index (χ2n) is 4.04. The van der Waals surface area contributed by atoms with E-state index in [9.17, 15) is 0 Å². The molecule has 2 aromatic rings. The minimum atomic E-state index is 0.547. The van der Waals surface area contributed by atoms with Gasteiger partial charge >= 0.3 is 0 Å². The molecular formula is C14H17N3O2. The molecule has 0 aliphatic heterocycles. The number of methoxy groups -OCH3 is 2. The van der Waals surface area contributed by atoms with Crippen molar-refractivity contribution < 1.29 is 9.47 Å². The number of rotatable bonds is 4. The predicted octanol–water partition coefficient (Wildman–Crippen LogP) is 2.61. The van der Waals surface area contributed by atoms with Gasteiger partial charge in [-0.05, 0) is 30.3 Å². The summed E-state index contributed by atoms with van der Waals surface area (Å²) < 4.78 is 10.4. The number of anilines is 4. The summed E-state index contributed by atoms with van der Waals surface area (Å²) in [7, 11) is 3.20. The zero-order valence-corrected chi connectivity index (χ0v) is 10.9. The van der Waals surface area contributed by atoms with Gasteiger partial charge in [0, 0.05) is 17.4 Å². The fourth-order valence-corrected chi connectivity index (χ4v) is 1.73. The SMILES string of the molecule is COc1ccc(Nc2ccc(N)c(N)c2)cc1OC.